The van der Waals surface area contributed by atoms with Crippen LogP contribution in [0.4, 0.5) is 0 Å². The van der Waals surface area contributed by atoms with Crippen molar-refractivity contribution in [1.29, 1.82) is 0 Å². The van der Waals surface area contributed by atoms with Gasteiger partial charge in [-0.2, -0.15) is 0 Å². The largest absolute Gasteiger partial charge is 0.455 e. The standard InChI is InChI=1S/C51H29N3O2/c1-2-12-30(13-3-1)49-52-50(54-51(53-49)43-22-11-21-41-39-18-8-9-23-45(39)55-48(41)43)32-25-27-40-42-20-10-19-33(47(42)56-46(40)29-32)31-24-26-38-36-16-5-4-14-34(36)35-15-6-7-17-37(35)44(38)28-31/h1-29H. The maximum absolute atomic E-state index is 6.80. The van der Waals surface area contributed by atoms with Crippen LogP contribution in [0.5, 0.6) is 0 Å². The van der Waals surface area contributed by atoms with Crippen LogP contribution in [0.15, 0.2) is 185 Å². The Hall–Kier alpha value is -7.63. The molecule has 12 aromatic rings. The molecule has 5 heteroatoms. The van der Waals surface area contributed by atoms with E-state index in [1.54, 1.807) is 0 Å². The van der Waals surface area contributed by atoms with Gasteiger partial charge >= 0.3 is 0 Å². The zero-order valence-electron chi connectivity index (χ0n) is 29.9. The summed E-state index contributed by atoms with van der Waals surface area (Å²) in [6, 6.07) is 61.1. The molecule has 0 atom stereocenters. The van der Waals surface area contributed by atoms with Gasteiger partial charge in [0.15, 0.2) is 17.5 Å². The normalized spacial score (nSPS) is 11.9. The van der Waals surface area contributed by atoms with Gasteiger partial charge in [0.05, 0.1) is 5.56 Å². The van der Waals surface area contributed by atoms with E-state index in [-0.39, 0.29) is 0 Å². The SMILES string of the molecule is c1ccc(-c2nc(-c3ccc4c(c3)oc3c(-c5ccc6c7ccccc7c7ccccc7c6c5)cccc34)nc(-c3cccc4c3oc3ccccc34)n2)cc1. The lowest BCUT2D eigenvalue weighted by Gasteiger charge is -2.12. The molecular formula is C51H29N3O2. The van der Waals surface area contributed by atoms with Gasteiger partial charge in [0, 0.05) is 38.2 Å². The highest BCUT2D eigenvalue weighted by atomic mass is 16.3. The Balaban J connectivity index is 1.03. The summed E-state index contributed by atoms with van der Waals surface area (Å²) in [6.45, 7) is 0. The van der Waals surface area contributed by atoms with Crippen molar-refractivity contribution in [3.63, 3.8) is 0 Å². The van der Waals surface area contributed by atoms with Crippen LogP contribution in [-0.2, 0) is 0 Å². The first kappa shape index (κ1) is 30.8. The van der Waals surface area contributed by atoms with Crippen molar-refractivity contribution >= 4 is 76.2 Å². The number of para-hydroxylation sites is 3. The number of fused-ring (bicyclic) bond motifs is 12. The van der Waals surface area contributed by atoms with Crippen molar-refractivity contribution in [2.75, 3.05) is 0 Å². The van der Waals surface area contributed by atoms with Crippen LogP contribution in [0, 0.1) is 0 Å². The quantitative estimate of drug-likeness (QED) is 0.170. The number of nitrogens with zero attached hydrogens (tertiary/aromatic N) is 3. The van der Waals surface area contributed by atoms with Crippen LogP contribution in [0.25, 0.3) is 121 Å². The lowest BCUT2D eigenvalue weighted by molar-refractivity contribution is 0.669. The summed E-state index contributed by atoms with van der Waals surface area (Å²) in [5.74, 6) is 1.68. The van der Waals surface area contributed by atoms with Crippen LogP contribution < -0.4 is 0 Å². The van der Waals surface area contributed by atoms with Crippen LogP contribution >= 0.6 is 0 Å². The number of hydrogen-bond acceptors (Lipinski definition) is 5. The van der Waals surface area contributed by atoms with E-state index in [0.717, 1.165) is 71.7 Å². The number of aromatic nitrogens is 3. The topological polar surface area (TPSA) is 65.0 Å². The molecule has 12 rings (SSSR count). The van der Waals surface area contributed by atoms with Gasteiger partial charge in [0.25, 0.3) is 0 Å². The second-order valence-electron chi connectivity index (χ2n) is 14.3. The lowest BCUT2D eigenvalue weighted by Crippen LogP contribution is -2.00. The third-order valence-corrected chi connectivity index (χ3v) is 11.1. The summed E-state index contributed by atoms with van der Waals surface area (Å²) in [7, 11) is 0. The minimum absolute atomic E-state index is 0.544. The number of benzene rings is 9. The summed E-state index contributed by atoms with van der Waals surface area (Å²) in [6.07, 6.45) is 0. The first-order chi connectivity index (χ1) is 27.7. The van der Waals surface area contributed by atoms with Crippen molar-refractivity contribution in [2.24, 2.45) is 0 Å². The average Bonchev–Trinajstić information content (AvgIpc) is 3.85. The molecule has 0 radical (unpaired) electrons. The van der Waals surface area contributed by atoms with Crippen molar-refractivity contribution in [2.45, 2.75) is 0 Å². The van der Waals surface area contributed by atoms with Crippen molar-refractivity contribution in [3.05, 3.63) is 176 Å². The highest BCUT2D eigenvalue weighted by Crippen LogP contribution is 2.41. The zero-order valence-corrected chi connectivity index (χ0v) is 29.9. The van der Waals surface area contributed by atoms with Crippen LogP contribution in [-0.4, -0.2) is 15.0 Å². The first-order valence-electron chi connectivity index (χ1n) is 18.8. The Morgan fingerprint density at radius 3 is 1.48 bits per heavy atom. The van der Waals surface area contributed by atoms with E-state index >= 15 is 0 Å². The van der Waals surface area contributed by atoms with Gasteiger partial charge in [-0.25, -0.2) is 15.0 Å². The predicted molar refractivity (Wildman–Crippen MR) is 229 cm³/mol. The summed E-state index contributed by atoms with van der Waals surface area (Å²) >= 11 is 0. The molecule has 0 saturated heterocycles. The van der Waals surface area contributed by atoms with Gasteiger partial charge in [0.1, 0.15) is 22.3 Å². The monoisotopic (exact) mass is 715 g/mol. The van der Waals surface area contributed by atoms with Crippen LogP contribution in [0.3, 0.4) is 0 Å². The zero-order chi connectivity index (χ0) is 36.7. The van der Waals surface area contributed by atoms with Gasteiger partial charge in [0.2, 0.25) is 0 Å². The van der Waals surface area contributed by atoms with E-state index in [1.807, 2.05) is 60.7 Å². The molecule has 0 amide bonds. The van der Waals surface area contributed by atoms with Crippen LogP contribution in [0.1, 0.15) is 0 Å². The fraction of sp³-hybridized carbons (Fsp3) is 0. The average molecular weight is 716 g/mol. The summed E-state index contributed by atoms with van der Waals surface area (Å²) in [5, 5.41) is 11.7. The Morgan fingerprint density at radius 1 is 0.268 bits per heavy atom. The third kappa shape index (κ3) is 4.64. The van der Waals surface area contributed by atoms with Gasteiger partial charge in [-0.15, -0.1) is 0 Å². The predicted octanol–water partition coefficient (Wildman–Crippen LogP) is 13.8. The Labute approximate surface area is 320 Å². The van der Waals surface area contributed by atoms with Crippen molar-refractivity contribution in [1.82, 2.24) is 15.0 Å². The molecule has 0 aliphatic heterocycles. The maximum Gasteiger partial charge on any atom is 0.167 e. The molecule has 260 valence electrons. The van der Waals surface area contributed by atoms with Crippen molar-refractivity contribution < 1.29 is 8.83 Å². The van der Waals surface area contributed by atoms with E-state index in [0.29, 0.717) is 17.5 Å². The molecule has 0 unspecified atom stereocenters. The molecule has 0 aliphatic rings. The molecule has 0 aliphatic carbocycles. The van der Waals surface area contributed by atoms with E-state index in [4.69, 9.17) is 23.8 Å². The Kier molecular flexibility index (Phi) is 6.56. The summed E-state index contributed by atoms with van der Waals surface area (Å²) in [5.41, 5.74) is 7.90. The molecule has 3 heterocycles. The minimum Gasteiger partial charge on any atom is -0.455 e. The smallest absolute Gasteiger partial charge is 0.167 e. The van der Waals surface area contributed by atoms with Gasteiger partial charge in [-0.1, -0.05) is 146 Å². The molecule has 0 spiro atoms. The van der Waals surface area contributed by atoms with E-state index in [2.05, 4.69) is 115 Å². The fourth-order valence-corrected chi connectivity index (χ4v) is 8.50. The van der Waals surface area contributed by atoms with Gasteiger partial charge in [-0.3, -0.25) is 0 Å². The number of rotatable bonds is 4. The third-order valence-electron chi connectivity index (χ3n) is 11.1. The molecule has 5 nitrogen and oxygen atoms in total. The number of hydrogen-bond donors (Lipinski definition) is 0. The molecule has 0 bridgehead atoms. The van der Waals surface area contributed by atoms with E-state index in [1.165, 1.54) is 32.3 Å². The molecule has 3 aromatic heterocycles. The lowest BCUT2D eigenvalue weighted by atomic mass is 9.92. The second-order valence-corrected chi connectivity index (χ2v) is 14.3. The van der Waals surface area contributed by atoms with Gasteiger partial charge < -0.3 is 8.83 Å². The van der Waals surface area contributed by atoms with Crippen molar-refractivity contribution in [3.8, 4) is 45.3 Å². The second kappa shape index (κ2) is 11.9. The maximum atomic E-state index is 6.80. The minimum atomic E-state index is 0.544. The first-order valence-corrected chi connectivity index (χ1v) is 18.8. The molecule has 0 saturated carbocycles. The molecule has 56 heavy (non-hydrogen) atoms. The van der Waals surface area contributed by atoms with Crippen LogP contribution in [0.2, 0.25) is 0 Å². The fourth-order valence-electron chi connectivity index (χ4n) is 8.50. The van der Waals surface area contributed by atoms with E-state index in [9.17, 15) is 0 Å². The molecular weight excluding hydrogens is 687 g/mol. The Morgan fingerprint density at radius 2 is 0.750 bits per heavy atom. The Bertz CT molecular complexity index is 3510. The highest BCUT2D eigenvalue weighted by Gasteiger charge is 2.20. The molecule has 0 fully saturated rings. The highest BCUT2D eigenvalue weighted by molar-refractivity contribution is 6.26. The van der Waals surface area contributed by atoms with E-state index < -0.39 is 0 Å². The molecule has 0 N–H and O–H groups in total. The van der Waals surface area contributed by atoms with Gasteiger partial charge in [-0.05, 0) is 68.2 Å². The molecule has 9 aromatic carbocycles. The number of furan rings is 2. The summed E-state index contributed by atoms with van der Waals surface area (Å²) < 4.78 is 13.2. The summed E-state index contributed by atoms with van der Waals surface area (Å²) in [4.78, 5) is 15.1.